The topological polar surface area (TPSA) is 110 Å². The number of ether oxygens (including phenoxy) is 1. The molecule has 0 aliphatic carbocycles. The van der Waals surface area contributed by atoms with E-state index >= 15 is 0 Å². The van der Waals surface area contributed by atoms with Crippen molar-refractivity contribution in [3.8, 4) is 5.75 Å². The Bertz CT molecular complexity index is 1130. The molecule has 1 fully saturated rings. The standard InChI is InChI=1S/C18H15ClF3N3O6S/c19-12-1-6-15(16(11-12)25(27)28)17(26)23-7-9-24(10-8-23)32(29,30)14-4-2-13(3-5-14)31-18(20,21)22/h1-6,11H,7-10H2. The van der Waals surface area contributed by atoms with E-state index in [1.165, 1.54) is 17.0 Å². The fraction of sp³-hybridized carbons (Fsp3) is 0.278. The van der Waals surface area contributed by atoms with E-state index < -0.39 is 38.7 Å². The molecule has 0 unspecified atom stereocenters. The van der Waals surface area contributed by atoms with Crippen molar-refractivity contribution in [2.45, 2.75) is 11.3 Å². The van der Waals surface area contributed by atoms with Crippen molar-refractivity contribution in [3.63, 3.8) is 0 Å². The highest BCUT2D eigenvalue weighted by Crippen LogP contribution is 2.27. The second kappa shape index (κ2) is 8.92. The molecule has 1 saturated heterocycles. The van der Waals surface area contributed by atoms with Crippen LogP contribution in [-0.2, 0) is 10.0 Å². The lowest BCUT2D eigenvalue weighted by atomic mass is 10.1. The lowest BCUT2D eigenvalue weighted by Crippen LogP contribution is -2.50. The van der Waals surface area contributed by atoms with Crippen molar-refractivity contribution in [3.05, 3.63) is 63.2 Å². The first-order valence-electron chi connectivity index (χ1n) is 8.98. The van der Waals surface area contributed by atoms with Crippen molar-refractivity contribution in [2.24, 2.45) is 0 Å². The van der Waals surface area contributed by atoms with E-state index in [1.807, 2.05) is 0 Å². The summed E-state index contributed by atoms with van der Waals surface area (Å²) in [4.78, 5) is 24.3. The maximum Gasteiger partial charge on any atom is 0.573 e. The fourth-order valence-electron chi connectivity index (χ4n) is 3.10. The Kier molecular flexibility index (Phi) is 6.62. The largest absolute Gasteiger partial charge is 0.573 e. The van der Waals surface area contributed by atoms with Crippen LogP contribution in [0.2, 0.25) is 5.02 Å². The molecule has 9 nitrogen and oxygen atoms in total. The molecule has 1 aliphatic heterocycles. The van der Waals surface area contributed by atoms with E-state index in [9.17, 15) is 36.5 Å². The molecular formula is C18H15ClF3N3O6S. The monoisotopic (exact) mass is 493 g/mol. The highest BCUT2D eigenvalue weighted by molar-refractivity contribution is 7.89. The van der Waals surface area contributed by atoms with Gasteiger partial charge in [0.15, 0.2) is 0 Å². The molecule has 0 aromatic heterocycles. The third-order valence-corrected chi connectivity index (χ3v) is 6.76. The maximum atomic E-state index is 12.8. The zero-order valence-electron chi connectivity index (χ0n) is 16.1. The highest BCUT2D eigenvalue weighted by Gasteiger charge is 2.34. The molecule has 2 aromatic carbocycles. The molecule has 0 spiro atoms. The number of halogens is 4. The third kappa shape index (κ3) is 5.29. The number of amides is 1. The predicted octanol–water partition coefficient (Wildman–Crippen LogP) is 3.29. The molecule has 0 saturated carbocycles. The maximum absolute atomic E-state index is 12.8. The average molecular weight is 494 g/mol. The number of nitrogens with zero attached hydrogens (tertiary/aromatic N) is 3. The molecule has 0 bridgehead atoms. The summed E-state index contributed by atoms with van der Waals surface area (Å²) in [6.07, 6.45) is -4.90. The summed E-state index contributed by atoms with van der Waals surface area (Å²) in [6.45, 7) is -0.271. The normalized spacial score (nSPS) is 15.4. The number of carbonyl (C=O) groups excluding carboxylic acids is 1. The molecular weight excluding hydrogens is 479 g/mol. The zero-order valence-corrected chi connectivity index (χ0v) is 17.7. The van der Waals surface area contributed by atoms with Crippen molar-refractivity contribution in [2.75, 3.05) is 26.2 Å². The van der Waals surface area contributed by atoms with Crippen LogP contribution in [0.15, 0.2) is 47.4 Å². The molecule has 3 rings (SSSR count). The van der Waals surface area contributed by atoms with Gasteiger partial charge in [-0.3, -0.25) is 14.9 Å². The summed E-state index contributed by atoms with van der Waals surface area (Å²) in [5.41, 5.74) is -0.630. The van der Waals surface area contributed by atoms with E-state index in [0.29, 0.717) is 0 Å². The molecule has 0 atom stereocenters. The van der Waals surface area contributed by atoms with Gasteiger partial charge in [-0.1, -0.05) is 11.6 Å². The highest BCUT2D eigenvalue weighted by atomic mass is 35.5. The van der Waals surface area contributed by atoms with E-state index in [2.05, 4.69) is 4.74 Å². The van der Waals surface area contributed by atoms with Crippen molar-refractivity contribution in [1.29, 1.82) is 0 Å². The van der Waals surface area contributed by atoms with Crippen molar-refractivity contribution >= 4 is 33.2 Å². The van der Waals surface area contributed by atoms with Gasteiger partial charge in [-0.05, 0) is 36.4 Å². The molecule has 14 heteroatoms. The predicted molar refractivity (Wildman–Crippen MR) is 106 cm³/mol. The van der Waals surface area contributed by atoms with Gasteiger partial charge in [0.25, 0.3) is 11.6 Å². The van der Waals surface area contributed by atoms with Crippen LogP contribution in [0.4, 0.5) is 18.9 Å². The summed E-state index contributed by atoms with van der Waals surface area (Å²) in [5, 5.41) is 11.3. The number of hydrogen-bond acceptors (Lipinski definition) is 6. The summed E-state index contributed by atoms with van der Waals surface area (Å²) >= 11 is 5.75. The van der Waals surface area contributed by atoms with Crippen LogP contribution in [0.5, 0.6) is 5.75 Å². The SMILES string of the molecule is O=C(c1ccc(Cl)cc1[N+](=O)[O-])N1CCN(S(=O)(=O)c2ccc(OC(F)(F)F)cc2)CC1. The van der Waals surface area contributed by atoms with Gasteiger partial charge in [-0.15, -0.1) is 13.2 Å². The van der Waals surface area contributed by atoms with Crippen molar-refractivity contribution < 1.29 is 36.0 Å². The Morgan fingerprint density at radius 2 is 1.66 bits per heavy atom. The Morgan fingerprint density at radius 3 is 2.19 bits per heavy atom. The van der Waals surface area contributed by atoms with Gasteiger partial charge in [-0.25, -0.2) is 8.42 Å². The number of rotatable bonds is 5. The number of alkyl halides is 3. The smallest absolute Gasteiger partial charge is 0.406 e. The minimum atomic E-state index is -4.90. The first-order valence-corrected chi connectivity index (χ1v) is 10.8. The molecule has 1 aliphatic rings. The van der Waals surface area contributed by atoms with E-state index in [4.69, 9.17) is 11.6 Å². The molecule has 2 aromatic rings. The number of hydrogen-bond donors (Lipinski definition) is 0. The third-order valence-electron chi connectivity index (χ3n) is 4.61. The number of nitro benzene ring substituents is 1. The molecule has 1 heterocycles. The molecule has 172 valence electrons. The van der Waals surface area contributed by atoms with Gasteiger partial charge in [0.1, 0.15) is 11.3 Å². The van der Waals surface area contributed by atoms with Gasteiger partial charge in [-0.2, -0.15) is 4.31 Å². The Labute approximate surface area is 185 Å². The second-order valence-corrected chi connectivity index (χ2v) is 9.01. The van der Waals surface area contributed by atoms with E-state index in [1.54, 1.807) is 0 Å². The zero-order chi connectivity index (χ0) is 23.7. The summed E-state index contributed by atoms with van der Waals surface area (Å²) in [6, 6.07) is 7.39. The quantitative estimate of drug-likeness (QED) is 0.467. The van der Waals surface area contributed by atoms with Crippen molar-refractivity contribution in [1.82, 2.24) is 9.21 Å². The summed E-state index contributed by atoms with van der Waals surface area (Å²) in [5.74, 6) is -1.20. The van der Waals surface area contributed by atoms with Crippen LogP contribution in [0.25, 0.3) is 0 Å². The van der Waals surface area contributed by atoms with Crippen LogP contribution in [0, 0.1) is 10.1 Å². The minimum absolute atomic E-state index is 0.0346. The van der Waals surface area contributed by atoms with Gasteiger partial charge >= 0.3 is 6.36 Å². The Morgan fingerprint density at radius 1 is 1.06 bits per heavy atom. The van der Waals surface area contributed by atoms with Gasteiger partial charge in [0.2, 0.25) is 10.0 Å². The summed E-state index contributed by atoms with van der Waals surface area (Å²) in [7, 11) is -4.03. The number of nitro groups is 1. The lowest BCUT2D eigenvalue weighted by molar-refractivity contribution is -0.385. The number of benzene rings is 2. The molecule has 1 amide bonds. The van der Waals surface area contributed by atoms with E-state index in [0.717, 1.165) is 34.6 Å². The van der Waals surface area contributed by atoms with Crippen LogP contribution >= 0.6 is 11.6 Å². The number of sulfonamides is 1. The number of carbonyl (C=O) groups is 1. The van der Waals surface area contributed by atoms with Gasteiger partial charge in [0, 0.05) is 37.3 Å². The first kappa shape index (κ1) is 23.8. The van der Waals surface area contributed by atoms with Crippen LogP contribution in [0.1, 0.15) is 10.4 Å². The lowest BCUT2D eigenvalue weighted by Gasteiger charge is -2.34. The van der Waals surface area contributed by atoms with Gasteiger partial charge < -0.3 is 9.64 Å². The Balaban J connectivity index is 1.70. The minimum Gasteiger partial charge on any atom is -0.406 e. The molecule has 0 radical (unpaired) electrons. The van der Waals surface area contributed by atoms with Crippen LogP contribution in [-0.4, -0.2) is 61.0 Å². The molecule has 32 heavy (non-hydrogen) atoms. The van der Waals surface area contributed by atoms with E-state index in [-0.39, 0.29) is 41.7 Å². The Hall–Kier alpha value is -2.90. The second-order valence-electron chi connectivity index (χ2n) is 6.63. The average Bonchev–Trinajstić information content (AvgIpc) is 2.72. The summed E-state index contributed by atoms with van der Waals surface area (Å²) < 4.78 is 67.1. The number of piperazine rings is 1. The molecule has 0 N–H and O–H groups in total. The fourth-order valence-corrected chi connectivity index (χ4v) is 4.69. The van der Waals surface area contributed by atoms with Crippen LogP contribution < -0.4 is 4.74 Å². The first-order chi connectivity index (χ1) is 14.9. The van der Waals surface area contributed by atoms with Gasteiger partial charge in [0.05, 0.1) is 9.82 Å². The van der Waals surface area contributed by atoms with Crippen LogP contribution in [0.3, 0.4) is 0 Å².